The standard InChI is InChI=1S/C14H22N2O2.ClH/c1-3-6-12(15)14(17)16-10-9-11-7-4-5-8-13(11)18-2;/h4-5,7-8,12H,3,6,9-10,15H2,1-2H3,(H,16,17);1H. The molecule has 1 unspecified atom stereocenters. The third-order valence-electron chi connectivity index (χ3n) is 2.82. The molecule has 0 saturated carbocycles. The van der Waals surface area contributed by atoms with Gasteiger partial charge >= 0.3 is 0 Å². The van der Waals surface area contributed by atoms with Crippen molar-refractivity contribution in [2.24, 2.45) is 5.73 Å². The minimum Gasteiger partial charge on any atom is -0.496 e. The van der Waals surface area contributed by atoms with Crippen LogP contribution in [0, 0.1) is 0 Å². The molecule has 108 valence electrons. The summed E-state index contributed by atoms with van der Waals surface area (Å²) in [6, 6.07) is 7.41. The predicted molar refractivity (Wildman–Crippen MR) is 79.8 cm³/mol. The first kappa shape index (κ1) is 17.7. The highest BCUT2D eigenvalue weighted by molar-refractivity contribution is 5.85. The maximum absolute atomic E-state index is 11.6. The van der Waals surface area contributed by atoms with Gasteiger partial charge in [0.1, 0.15) is 5.75 Å². The fourth-order valence-corrected chi connectivity index (χ4v) is 1.80. The Bertz CT molecular complexity index is 385. The Labute approximate surface area is 121 Å². The molecule has 0 heterocycles. The monoisotopic (exact) mass is 286 g/mol. The van der Waals surface area contributed by atoms with Crippen LogP contribution in [-0.2, 0) is 11.2 Å². The molecule has 1 amide bonds. The van der Waals surface area contributed by atoms with Crippen LogP contribution in [0.5, 0.6) is 5.75 Å². The van der Waals surface area contributed by atoms with Gasteiger partial charge in [0, 0.05) is 6.54 Å². The van der Waals surface area contributed by atoms with Crippen LogP contribution >= 0.6 is 12.4 Å². The molecule has 0 aliphatic carbocycles. The average molecular weight is 287 g/mol. The van der Waals surface area contributed by atoms with Gasteiger partial charge in [0.25, 0.3) is 0 Å². The summed E-state index contributed by atoms with van der Waals surface area (Å²) in [6.45, 7) is 2.60. The number of amides is 1. The van der Waals surface area contributed by atoms with Crippen molar-refractivity contribution in [1.29, 1.82) is 0 Å². The minimum absolute atomic E-state index is 0. The molecule has 0 aliphatic rings. The molecule has 19 heavy (non-hydrogen) atoms. The molecular weight excluding hydrogens is 264 g/mol. The first-order valence-corrected chi connectivity index (χ1v) is 6.34. The Kier molecular flexibility index (Phi) is 9.00. The number of carbonyl (C=O) groups is 1. The number of nitrogens with one attached hydrogen (secondary N) is 1. The molecule has 0 spiro atoms. The second-order valence-electron chi connectivity index (χ2n) is 4.25. The topological polar surface area (TPSA) is 64.4 Å². The van der Waals surface area contributed by atoms with Crippen LogP contribution < -0.4 is 15.8 Å². The predicted octanol–water partition coefficient (Wildman–Crippen LogP) is 1.90. The molecule has 0 saturated heterocycles. The van der Waals surface area contributed by atoms with E-state index in [0.29, 0.717) is 6.54 Å². The smallest absolute Gasteiger partial charge is 0.236 e. The van der Waals surface area contributed by atoms with Gasteiger partial charge in [-0.15, -0.1) is 12.4 Å². The van der Waals surface area contributed by atoms with E-state index in [4.69, 9.17) is 10.5 Å². The maximum atomic E-state index is 11.6. The number of para-hydroxylation sites is 1. The van der Waals surface area contributed by atoms with Crippen LogP contribution in [-0.4, -0.2) is 25.6 Å². The number of rotatable bonds is 7. The lowest BCUT2D eigenvalue weighted by molar-refractivity contribution is -0.122. The zero-order chi connectivity index (χ0) is 13.4. The average Bonchev–Trinajstić information content (AvgIpc) is 2.39. The number of ether oxygens (including phenoxy) is 1. The van der Waals surface area contributed by atoms with Crippen molar-refractivity contribution in [3.63, 3.8) is 0 Å². The number of carbonyl (C=O) groups excluding carboxylic acids is 1. The van der Waals surface area contributed by atoms with Crippen molar-refractivity contribution in [2.45, 2.75) is 32.2 Å². The second-order valence-corrected chi connectivity index (χ2v) is 4.25. The highest BCUT2D eigenvalue weighted by Gasteiger charge is 2.11. The Morgan fingerprint density at radius 2 is 2.11 bits per heavy atom. The number of methoxy groups -OCH3 is 1. The van der Waals surface area contributed by atoms with E-state index in [9.17, 15) is 4.79 Å². The van der Waals surface area contributed by atoms with Crippen molar-refractivity contribution in [2.75, 3.05) is 13.7 Å². The van der Waals surface area contributed by atoms with Crippen LogP contribution in [0.15, 0.2) is 24.3 Å². The van der Waals surface area contributed by atoms with Gasteiger partial charge in [0.15, 0.2) is 0 Å². The lowest BCUT2D eigenvalue weighted by Crippen LogP contribution is -2.41. The molecule has 4 nitrogen and oxygen atoms in total. The first-order chi connectivity index (χ1) is 8.69. The Balaban J connectivity index is 0.00000324. The van der Waals surface area contributed by atoms with Crippen molar-refractivity contribution >= 4 is 18.3 Å². The van der Waals surface area contributed by atoms with E-state index in [1.165, 1.54) is 0 Å². The van der Waals surface area contributed by atoms with Gasteiger partial charge in [-0.1, -0.05) is 31.5 Å². The van der Waals surface area contributed by atoms with Gasteiger partial charge in [0.2, 0.25) is 5.91 Å². The van der Waals surface area contributed by atoms with E-state index in [0.717, 1.165) is 30.6 Å². The second kappa shape index (κ2) is 9.64. The number of nitrogens with two attached hydrogens (primary N) is 1. The molecule has 0 fully saturated rings. The van der Waals surface area contributed by atoms with Crippen LogP contribution in [0.4, 0.5) is 0 Å². The molecule has 0 aliphatic heterocycles. The van der Waals surface area contributed by atoms with E-state index in [1.54, 1.807) is 7.11 Å². The van der Waals surface area contributed by atoms with Gasteiger partial charge < -0.3 is 15.8 Å². The molecule has 5 heteroatoms. The van der Waals surface area contributed by atoms with Crippen LogP contribution in [0.3, 0.4) is 0 Å². The van der Waals surface area contributed by atoms with Crippen molar-refractivity contribution < 1.29 is 9.53 Å². The van der Waals surface area contributed by atoms with Gasteiger partial charge in [-0.3, -0.25) is 4.79 Å². The van der Waals surface area contributed by atoms with Crippen molar-refractivity contribution in [3.05, 3.63) is 29.8 Å². The largest absolute Gasteiger partial charge is 0.496 e. The fourth-order valence-electron chi connectivity index (χ4n) is 1.80. The van der Waals surface area contributed by atoms with Crippen molar-refractivity contribution in [1.82, 2.24) is 5.32 Å². The zero-order valence-corrected chi connectivity index (χ0v) is 12.3. The molecular formula is C14H23ClN2O2. The van der Waals surface area contributed by atoms with E-state index in [-0.39, 0.29) is 18.3 Å². The Hall–Kier alpha value is -1.26. The van der Waals surface area contributed by atoms with Gasteiger partial charge in [-0.05, 0) is 24.5 Å². The zero-order valence-electron chi connectivity index (χ0n) is 11.5. The van der Waals surface area contributed by atoms with E-state index in [2.05, 4.69) is 5.32 Å². The molecule has 1 aromatic carbocycles. The summed E-state index contributed by atoms with van der Waals surface area (Å²) < 4.78 is 5.25. The van der Waals surface area contributed by atoms with E-state index < -0.39 is 6.04 Å². The molecule has 3 N–H and O–H groups in total. The quantitative estimate of drug-likeness (QED) is 0.805. The normalized spacial score (nSPS) is 11.3. The van der Waals surface area contributed by atoms with E-state index in [1.807, 2.05) is 31.2 Å². The SMILES string of the molecule is CCCC(N)C(=O)NCCc1ccccc1OC.Cl. The number of hydrogen-bond acceptors (Lipinski definition) is 3. The Morgan fingerprint density at radius 1 is 1.42 bits per heavy atom. The summed E-state index contributed by atoms with van der Waals surface area (Å²) in [5.74, 6) is 0.774. The number of benzene rings is 1. The van der Waals surface area contributed by atoms with Gasteiger partial charge in [-0.25, -0.2) is 0 Å². The molecule has 1 aromatic rings. The summed E-state index contributed by atoms with van der Waals surface area (Å²) >= 11 is 0. The highest BCUT2D eigenvalue weighted by atomic mass is 35.5. The van der Waals surface area contributed by atoms with Crippen LogP contribution in [0.25, 0.3) is 0 Å². The maximum Gasteiger partial charge on any atom is 0.236 e. The lowest BCUT2D eigenvalue weighted by Gasteiger charge is -2.12. The third kappa shape index (κ3) is 5.94. The molecule has 0 aromatic heterocycles. The fraction of sp³-hybridized carbons (Fsp3) is 0.500. The third-order valence-corrected chi connectivity index (χ3v) is 2.82. The summed E-state index contributed by atoms with van der Waals surface area (Å²) in [5.41, 5.74) is 6.81. The minimum atomic E-state index is -0.396. The summed E-state index contributed by atoms with van der Waals surface area (Å²) in [5, 5.41) is 2.85. The number of hydrogen-bond donors (Lipinski definition) is 2. The first-order valence-electron chi connectivity index (χ1n) is 6.34. The summed E-state index contributed by atoms with van der Waals surface area (Å²) in [4.78, 5) is 11.6. The number of halogens is 1. The lowest BCUT2D eigenvalue weighted by atomic mass is 10.1. The Morgan fingerprint density at radius 3 is 2.74 bits per heavy atom. The summed E-state index contributed by atoms with van der Waals surface area (Å²) in [6.07, 6.45) is 2.39. The van der Waals surface area contributed by atoms with Crippen LogP contribution in [0.1, 0.15) is 25.3 Å². The highest BCUT2D eigenvalue weighted by Crippen LogP contribution is 2.17. The molecule has 1 atom stereocenters. The van der Waals surface area contributed by atoms with Gasteiger partial charge in [-0.2, -0.15) is 0 Å². The molecule has 0 radical (unpaired) electrons. The summed E-state index contributed by atoms with van der Waals surface area (Å²) in [7, 11) is 1.65. The van der Waals surface area contributed by atoms with Gasteiger partial charge in [0.05, 0.1) is 13.2 Å². The van der Waals surface area contributed by atoms with Crippen LogP contribution in [0.2, 0.25) is 0 Å². The molecule has 0 bridgehead atoms. The molecule has 1 rings (SSSR count). The van der Waals surface area contributed by atoms with Crippen molar-refractivity contribution in [3.8, 4) is 5.75 Å². The van der Waals surface area contributed by atoms with E-state index >= 15 is 0 Å².